The first-order valence-corrected chi connectivity index (χ1v) is 7.48. The molecule has 0 aromatic heterocycles. The second-order valence-corrected chi connectivity index (χ2v) is 5.33. The third-order valence-corrected chi connectivity index (χ3v) is 3.60. The molecule has 0 spiro atoms. The van der Waals surface area contributed by atoms with Crippen LogP contribution in [0.15, 0.2) is 42.5 Å². The molecule has 0 heterocycles. The molecule has 0 atom stereocenters. The minimum atomic E-state index is -0.485. The number of anilines is 2. The maximum atomic E-state index is 12.2. The van der Waals surface area contributed by atoms with E-state index in [-0.39, 0.29) is 24.7 Å². The highest BCUT2D eigenvalue weighted by Crippen LogP contribution is 2.26. The highest BCUT2D eigenvalue weighted by Gasteiger charge is 2.18. The van der Waals surface area contributed by atoms with Gasteiger partial charge in [-0.15, -0.1) is 0 Å². The lowest BCUT2D eigenvalue weighted by atomic mass is 10.2. The summed E-state index contributed by atoms with van der Waals surface area (Å²) in [6, 6.07) is 11.1. The summed E-state index contributed by atoms with van der Waals surface area (Å²) >= 11 is 0. The van der Waals surface area contributed by atoms with Crippen molar-refractivity contribution in [2.24, 2.45) is 0 Å². The first kappa shape index (κ1) is 18.2. The summed E-state index contributed by atoms with van der Waals surface area (Å²) in [4.78, 5) is 24.3. The molecule has 0 saturated carbocycles. The Bertz CT molecular complexity index is 779. The Morgan fingerprint density at radius 2 is 2.04 bits per heavy atom. The Morgan fingerprint density at radius 1 is 1.32 bits per heavy atom. The largest absolute Gasteiger partial charge is 0.496 e. The summed E-state index contributed by atoms with van der Waals surface area (Å²) in [7, 11) is 3.10. The fraction of sp³-hybridized carbons (Fsp3) is 0.235. The van der Waals surface area contributed by atoms with Crippen LogP contribution in [0.5, 0.6) is 5.75 Å². The number of hydrogen-bond donors (Lipinski definition) is 2. The number of benzene rings is 2. The van der Waals surface area contributed by atoms with Crippen LogP contribution in [-0.4, -0.2) is 36.6 Å². The van der Waals surface area contributed by atoms with Crippen molar-refractivity contribution in [1.82, 2.24) is 0 Å². The minimum absolute atomic E-state index is 0.0641. The van der Waals surface area contributed by atoms with Gasteiger partial charge in [0.05, 0.1) is 25.2 Å². The lowest BCUT2D eigenvalue weighted by Crippen LogP contribution is -2.30. The van der Waals surface area contributed by atoms with Crippen LogP contribution in [-0.2, 0) is 11.4 Å². The fourth-order valence-corrected chi connectivity index (χ4v) is 2.42. The number of ether oxygens (including phenoxy) is 1. The zero-order valence-corrected chi connectivity index (χ0v) is 13.9. The number of carbonyl (C=O) groups is 1. The van der Waals surface area contributed by atoms with Crippen molar-refractivity contribution in [1.29, 1.82) is 0 Å². The molecular formula is C17H19N3O5. The molecule has 0 bridgehead atoms. The van der Waals surface area contributed by atoms with Crippen LogP contribution in [0.1, 0.15) is 5.56 Å². The smallest absolute Gasteiger partial charge is 0.292 e. The molecule has 2 aromatic rings. The molecule has 0 radical (unpaired) electrons. The third kappa shape index (κ3) is 4.45. The maximum absolute atomic E-state index is 12.2. The van der Waals surface area contributed by atoms with Crippen LogP contribution in [0.4, 0.5) is 17.1 Å². The monoisotopic (exact) mass is 345 g/mol. The first-order chi connectivity index (χ1) is 12.0. The van der Waals surface area contributed by atoms with Gasteiger partial charge < -0.3 is 20.1 Å². The number of aliphatic hydroxyl groups excluding tert-OH is 1. The molecule has 2 rings (SSSR count). The van der Waals surface area contributed by atoms with Gasteiger partial charge in [-0.2, -0.15) is 0 Å². The number of methoxy groups -OCH3 is 1. The van der Waals surface area contributed by atoms with Gasteiger partial charge in [0.2, 0.25) is 5.91 Å². The average molecular weight is 345 g/mol. The molecule has 8 heteroatoms. The molecule has 2 aromatic carbocycles. The molecule has 132 valence electrons. The molecule has 0 saturated heterocycles. The normalized spacial score (nSPS) is 10.2. The number of rotatable bonds is 7. The predicted octanol–water partition coefficient (Wildman–Crippen LogP) is 2.17. The van der Waals surface area contributed by atoms with Gasteiger partial charge in [0.1, 0.15) is 11.4 Å². The number of hydrogen-bond acceptors (Lipinski definition) is 6. The fourth-order valence-electron chi connectivity index (χ4n) is 2.42. The number of likely N-dealkylation sites (N-methyl/N-ethyl adjacent to an activating group) is 1. The topological polar surface area (TPSA) is 105 Å². The number of nitro groups is 1. The number of para-hydroxylation sites is 2. The second-order valence-electron chi connectivity index (χ2n) is 5.33. The van der Waals surface area contributed by atoms with Gasteiger partial charge in [-0.05, 0) is 24.3 Å². The third-order valence-electron chi connectivity index (χ3n) is 3.60. The zero-order valence-electron chi connectivity index (χ0n) is 13.9. The molecular weight excluding hydrogens is 326 g/mol. The van der Waals surface area contributed by atoms with E-state index in [9.17, 15) is 20.0 Å². The zero-order chi connectivity index (χ0) is 18.4. The Labute approximate surface area is 144 Å². The minimum Gasteiger partial charge on any atom is -0.496 e. The maximum Gasteiger partial charge on any atom is 0.292 e. The Morgan fingerprint density at radius 3 is 2.68 bits per heavy atom. The molecule has 8 nitrogen and oxygen atoms in total. The van der Waals surface area contributed by atoms with Crippen molar-refractivity contribution in [3.8, 4) is 5.75 Å². The van der Waals surface area contributed by atoms with Gasteiger partial charge >= 0.3 is 0 Å². The average Bonchev–Trinajstić information content (AvgIpc) is 2.61. The van der Waals surface area contributed by atoms with Gasteiger partial charge in [-0.1, -0.05) is 12.1 Å². The van der Waals surface area contributed by atoms with E-state index in [0.717, 1.165) is 0 Å². The van der Waals surface area contributed by atoms with E-state index in [2.05, 4.69) is 5.32 Å². The highest BCUT2D eigenvalue weighted by atomic mass is 16.6. The van der Waals surface area contributed by atoms with Crippen molar-refractivity contribution in [2.75, 3.05) is 30.9 Å². The lowest BCUT2D eigenvalue weighted by molar-refractivity contribution is -0.384. The van der Waals surface area contributed by atoms with Crippen molar-refractivity contribution >= 4 is 23.0 Å². The van der Waals surface area contributed by atoms with Crippen molar-refractivity contribution in [3.63, 3.8) is 0 Å². The Balaban J connectivity index is 2.09. The summed E-state index contributed by atoms with van der Waals surface area (Å²) in [5.74, 6) is 0.187. The van der Waals surface area contributed by atoms with E-state index in [0.29, 0.717) is 22.7 Å². The van der Waals surface area contributed by atoms with E-state index in [1.807, 2.05) is 0 Å². The molecule has 25 heavy (non-hydrogen) atoms. The van der Waals surface area contributed by atoms with E-state index in [1.54, 1.807) is 43.4 Å². The number of nitrogens with one attached hydrogen (secondary N) is 1. The van der Waals surface area contributed by atoms with Gasteiger partial charge in [0.25, 0.3) is 5.69 Å². The second kappa shape index (κ2) is 8.11. The van der Waals surface area contributed by atoms with Crippen LogP contribution in [0.25, 0.3) is 0 Å². The molecule has 0 aliphatic carbocycles. The van der Waals surface area contributed by atoms with Crippen LogP contribution >= 0.6 is 0 Å². The number of nitrogens with zero attached hydrogens (tertiary/aromatic N) is 2. The van der Waals surface area contributed by atoms with Crippen molar-refractivity contribution < 1.29 is 19.6 Å². The van der Waals surface area contributed by atoms with Crippen molar-refractivity contribution in [3.05, 3.63) is 58.1 Å². The van der Waals surface area contributed by atoms with Gasteiger partial charge in [0.15, 0.2) is 0 Å². The van der Waals surface area contributed by atoms with E-state index in [4.69, 9.17) is 4.74 Å². The summed E-state index contributed by atoms with van der Waals surface area (Å²) < 4.78 is 5.11. The number of amides is 1. The summed E-state index contributed by atoms with van der Waals surface area (Å²) in [5.41, 5.74) is 1.34. The molecule has 0 unspecified atom stereocenters. The van der Waals surface area contributed by atoms with Gasteiger partial charge in [-0.3, -0.25) is 14.9 Å². The SMILES string of the molecule is COc1ccc(NC(=O)CN(C)c2ccccc2[N+](=O)[O-])cc1CO. The Hall–Kier alpha value is -3.13. The summed E-state index contributed by atoms with van der Waals surface area (Å²) in [5, 5.41) is 23.1. The number of nitro benzene ring substituents is 1. The molecule has 2 N–H and O–H groups in total. The summed E-state index contributed by atoms with van der Waals surface area (Å²) in [6.07, 6.45) is 0. The number of carbonyl (C=O) groups excluding carboxylic acids is 1. The van der Waals surface area contributed by atoms with E-state index < -0.39 is 4.92 Å². The standard InChI is InChI=1S/C17H19N3O5/c1-19(14-5-3-4-6-15(14)20(23)24)10-17(22)18-13-7-8-16(25-2)12(9-13)11-21/h3-9,21H,10-11H2,1-2H3,(H,18,22). The first-order valence-electron chi connectivity index (χ1n) is 7.48. The van der Waals surface area contributed by atoms with Crippen LogP contribution < -0.4 is 15.0 Å². The van der Waals surface area contributed by atoms with Gasteiger partial charge in [0, 0.05) is 24.4 Å². The quantitative estimate of drug-likeness (QED) is 0.588. The van der Waals surface area contributed by atoms with E-state index >= 15 is 0 Å². The van der Waals surface area contributed by atoms with Crippen LogP contribution in [0.3, 0.4) is 0 Å². The highest BCUT2D eigenvalue weighted by molar-refractivity contribution is 5.94. The predicted molar refractivity (Wildman–Crippen MR) is 93.9 cm³/mol. The van der Waals surface area contributed by atoms with E-state index in [1.165, 1.54) is 18.1 Å². The number of aliphatic hydroxyl groups is 1. The molecule has 0 aliphatic heterocycles. The lowest BCUT2D eigenvalue weighted by Gasteiger charge is -2.19. The van der Waals surface area contributed by atoms with Gasteiger partial charge in [-0.25, -0.2) is 0 Å². The molecule has 0 aliphatic rings. The van der Waals surface area contributed by atoms with Crippen LogP contribution in [0.2, 0.25) is 0 Å². The van der Waals surface area contributed by atoms with Crippen LogP contribution in [0, 0.1) is 10.1 Å². The summed E-state index contributed by atoms with van der Waals surface area (Å²) in [6.45, 7) is -0.283. The Kier molecular flexibility index (Phi) is 5.91. The molecule has 0 fully saturated rings. The van der Waals surface area contributed by atoms with Crippen molar-refractivity contribution in [2.45, 2.75) is 6.61 Å². The molecule has 1 amide bonds.